The number of nitro benzene ring substituents is 1. The molecule has 0 amide bonds. The van der Waals surface area contributed by atoms with Crippen LogP contribution in [0.1, 0.15) is 24.8 Å². The van der Waals surface area contributed by atoms with E-state index in [2.05, 4.69) is 6.08 Å². The van der Waals surface area contributed by atoms with E-state index in [1.807, 2.05) is 6.08 Å². The van der Waals surface area contributed by atoms with Gasteiger partial charge < -0.3 is 15.2 Å². The molecule has 6 nitrogen and oxygen atoms in total. The van der Waals surface area contributed by atoms with Crippen molar-refractivity contribution in [1.29, 1.82) is 0 Å². The summed E-state index contributed by atoms with van der Waals surface area (Å²) in [6.45, 7) is 0.0796. The molecule has 0 aromatic heterocycles. The number of allylic oxidation sites excluding steroid dienone is 1. The molecule has 6 heteroatoms. The maximum Gasteiger partial charge on any atom is 0.277 e. The Balaban J connectivity index is 2.34. The molecule has 2 rings (SSSR count). The Morgan fingerprint density at radius 2 is 2.25 bits per heavy atom. The number of hydrogen-bond acceptors (Lipinski definition) is 5. The number of nitrogens with zero attached hydrogens (tertiary/aromatic N) is 1. The van der Waals surface area contributed by atoms with Crippen LogP contribution in [0.2, 0.25) is 0 Å². The predicted octanol–water partition coefficient (Wildman–Crippen LogP) is 2.55. The highest BCUT2D eigenvalue weighted by molar-refractivity contribution is 5.54. The summed E-state index contributed by atoms with van der Waals surface area (Å²) in [6, 6.07) is 2.96. The van der Waals surface area contributed by atoms with Gasteiger partial charge in [-0.15, -0.1) is 0 Å². The molecule has 0 radical (unpaired) electrons. The zero-order valence-corrected chi connectivity index (χ0v) is 11.4. The first-order chi connectivity index (χ1) is 9.65. The maximum atomic E-state index is 11.1. The maximum absolute atomic E-state index is 11.1. The number of methoxy groups -OCH3 is 1. The van der Waals surface area contributed by atoms with E-state index in [1.54, 1.807) is 6.07 Å². The lowest BCUT2D eigenvalue weighted by molar-refractivity contribution is -0.385. The van der Waals surface area contributed by atoms with E-state index in [0.717, 1.165) is 19.3 Å². The van der Waals surface area contributed by atoms with Crippen LogP contribution < -0.4 is 15.2 Å². The van der Waals surface area contributed by atoms with Crippen LogP contribution in [-0.2, 0) is 6.54 Å². The second kappa shape index (κ2) is 6.38. The van der Waals surface area contributed by atoms with E-state index in [1.165, 1.54) is 13.2 Å². The van der Waals surface area contributed by atoms with E-state index < -0.39 is 4.92 Å². The molecule has 1 atom stereocenters. The molecule has 0 bridgehead atoms. The van der Waals surface area contributed by atoms with Crippen molar-refractivity contribution in [2.45, 2.75) is 31.9 Å². The third-order valence-corrected chi connectivity index (χ3v) is 3.27. The van der Waals surface area contributed by atoms with Crippen LogP contribution in [0.5, 0.6) is 11.5 Å². The van der Waals surface area contributed by atoms with Crippen LogP contribution in [0.3, 0.4) is 0 Å². The minimum absolute atomic E-state index is 0.0388. The first-order valence-electron chi connectivity index (χ1n) is 6.54. The van der Waals surface area contributed by atoms with Gasteiger partial charge in [0.05, 0.1) is 18.1 Å². The summed E-state index contributed by atoms with van der Waals surface area (Å²) >= 11 is 0. The highest BCUT2D eigenvalue weighted by Crippen LogP contribution is 2.36. The second-order valence-electron chi connectivity index (χ2n) is 4.61. The molecule has 0 saturated heterocycles. The van der Waals surface area contributed by atoms with Gasteiger partial charge in [0.15, 0.2) is 11.5 Å². The zero-order chi connectivity index (χ0) is 14.5. The van der Waals surface area contributed by atoms with Crippen molar-refractivity contribution >= 4 is 5.69 Å². The molecule has 1 aliphatic carbocycles. The van der Waals surface area contributed by atoms with Gasteiger partial charge in [0.1, 0.15) is 6.10 Å². The van der Waals surface area contributed by atoms with Gasteiger partial charge in [0.2, 0.25) is 0 Å². The molecule has 1 aromatic rings. The molecule has 1 aromatic carbocycles. The summed E-state index contributed by atoms with van der Waals surface area (Å²) in [6.07, 6.45) is 6.96. The average molecular weight is 278 g/mol. The van der Waals surface area contributed by atoms with E-state index in [0.29, 0.717) is 17.1 Å². The minimum atomic E-state index is -0.453. The quantitative estimate of drug-likeness (QED) is 0.508. The van der Waals surface area contributed by atoms with Gasteiger partial charge in [0, 0.05) is 12.1 Å². The van der Waals surface area contributed by atoms with Crippen molar-refractivity contribution in [1.82, 2.24) is 0 Å². The summed E-state index contributed by atoms with van der Waals surface area (Å²) < 4.78 is 11.0. The van der Waals surface area contributed by atoms with Crippen molar-refractivity contribution < 1.29 is 14.4 Å². The van der Waals surface area contributed by atoms with Gasteiger partial charge in [-0.25, -0.2) is 0 Å². The van der Waals surface area contributed by atoms with E-state index >= 15 is 0 Å². The number of hydrogen-bond donors (Lipinski definition) is 1. The normalized spacial score (nSPS) is 17.8. The van der Waals surface area contributed by atoms with Crippen LogP contribution in [0, 0.1) is 10.1 Å². The van der Waals surface area contributed by atoms with Crippen molar-refractivity contribution in [3.8, 4) is 11.5 Å². The number of benzene rings is 1. The highest BCUT2D eigenvalue weighted by atomic mass is 16.6. The summed E-state index contributed by atoms with van der Waals surface area (Å²) in [7, 11) is 1.50. The molecule has 0 aliphatic heterocycles. The first-order valence-corrected chi connectivity index (χ1v) is 6.54. The average Bonchev–Trinajstić information content (AvgIpc) is 2.47. The van der Waals surface area contributed by atoms with Crippen LogP contribution >= 0.6 is 0 Å². The van der Waals surface area contributed by atoms with Gasteiger partial charge >= 0.3 is 0 Å². The molecular weight excluding hydrogens is 260 g/mol. The molecule has 0 heterocycles. The first kappa shape index (κ1) is 14.3. The monoisotopic (exact) mass is 278 g/mol. The van der Waals surface area contributed by atoms with Crippen molar-refractivity contribution in [2.24, 2.45) is 5.73 Å². The van der Waals surface area contributed by atoms with Crippen LogP contribution in [0.4, 0.5) is 5.69 Å². The van der Waals surface area contributed by atoms with Gasteiger partial charge in [-0.05, 0) is 31.4 Å². The topological polar surface area (TPSA) is 87.6 Å². The fourth-order valence-electron chi connectivity index (χ4n) is 2.22. The summed E-state index contributed by atoms with van der Waals surface area (Å²) in [5.74, 6) is 0.850. The Morgan fingerprint density at radius 1 is 1.45 bits per heavy atom. The largest absolute Gasteiger partial charge is 0.493 e. The molecule has 1 aliphatic rings. The molecule has 1 unspecified atom stereocenters. The summed E-state index contributed by atoms with van der Waals surface area (Å²) in [4.78, 5) is 10.6. The van der Waals surface area contributed by atoms with E-state index in [4.69, 9.17) is 15.2 Å². The van der Waals surface area contributed by atoms with Crippen molar-refractivity contribution in [2.75, 3.05) is 7.11 Å². The van der Waals surface area contributed by atoms with Gasteiger partial charge in [-0.2, -0.15) is 0 Å². The third kappa shape index (κ3) is 3.08. The molecule has 0 fully saturated rings. The fraction of sp³-hybridized carbons (Fsp3) is 0.429. The Bertz CT molecular complexity index is 528. The zero-order valence-electron chi connectivity index (χ0n) is 11.4. The lowest BCUT2D eigenvalue weighted by Crippen LogP contribution is -2.16. The smallest absolute Gasteiger partial charge is 0.277 e. The van der Waals surface area contributed by atoms with Gasteiger partial charge in [-0.1, -0.05) is 6.08 Å². The third-order valence-electron chi connectivity index (χ3n) is 3.27. The molecule has 0 saturated carbocycles. The van der Waals surface area contributed by atoms with Crippen molar-refractivity contribution in [3.63, 3.8) is 0 Å². The van der Waals surface area contributed by atoms with Gasteiger partial charge in [0.25, 0.3) is 5.69 Å². The second-order valence-corrected chi connectivity index (χ2v) is 4.61. The predicted molar refractivity (Wildman–Crippen MR) is 74.9 cm³/mol. The molecular formula is C14H18N2O4. The minimum Gasteiger partial charge on any atom is -0.493 e. The molecule has 2 N–H and O–H groups in total. The Kier molecular flexibility index (Phi) is 4.57. The van der Waals surface area contributed by atoms with Crippen LogP contribution in [0.25, 0.3) is 0 Å². The van der Waals surface area contributed by atoms with Crippen LogP contribution in [0.15, 0.2) is 24.3 Å². The molecule has 0 spiro atoms. The number of ether oxygens (including phenoxy) is 2. The van der Waals surface area contributed by atoms with E-state index in [9.17, 15) is 10.1 Å². The summed E-state index contributed by atoms with van der Waals surface area (Å²) in [5.41, 5.74) is 5.92. The Hall–Kier alpha value is -2.08. The van der Waals surface area contributed by atoms with Crippen LogP contribution in [-0.4, -0.2) is 18.1 Å². The van der Waals surface area contributed by atoms with E-state index in [-0.39, 0.29) is 18.3 Å². The standard InChI is InChI=1S/C14H18N2O4/c1-19-13-7-10(9-15)12(16(17)18)8-14(13)20-11-5-3-2-4-6-11/h3,5,7-8,11H,2,4,6,9,15H2,1H3. The van der Waals surface area contributed by atoms with Gasteiger partial charge in [-0.3, -0.25) is 10.1 Å². The Morgan fingerprint density at radius 3 is 2.80 bits per heavy atom. The SMILES string of the molecule is COc1cc(CN)c([N+](=O)[O-])cc1OC1C=CCCC1. The molecule has 108 valence electrons. The highest BCUT2D eigenvalue weighted by Gasteiger charge is 2.21. The number of nitrogens with two attached hydrogens (primary N) is 1. The lowest BCUT2D eigenvalue weighted by atomic mass is 10.1. The lowest BCUT2D eigenvalue weighted by Gasteiger charge is -2.20. The Labute approximate surface area is 117 Å². The molecule has 20 heavy (non-hydrogen) atoms. The van der Waals surface area contributed by atoms with Crippen molar-refractivity contribution in [3.05, 3.63) is 40.0 Å². The number of rotatable bonds is 5. The fourth-order valence-corrected chi connectivity index (χ4v) is 2.22. The number of nitro groups is 1. The summed E-state index contributed by atoms with van der Waals surface area (Å²) in [5, 5.41) is 11.1.